The topological polar surface area (TPSA) is 79.2 Å². The minimum atomic E-state index is -1.05. The number of hydrogen-bond donors (Lipinski definition) is 3. The van der Waals surface area contributed by atoms with Crippen molar-refractivity contribution in [1.82, 2.24) is 0 Å². The Bertz CT molecular complexity index is 393. The van der Waals surface area contributed by atoms with Crippen LogP contribution >= 0.6 is 12.2 Å². The lowest BCUT2D eigenvalue weighted by Gasteiger charge is -2.25. The number of thiocarbonyl (C=S) groups is 1. The van der Waals surface area contributed by atoms with Crippen LogP contribution in [0, 0.1) is 0 Å². The van der Waals surface area contributed by atoms with Crippen LogP contribution in [0.25, 0.3) is 0 Å². The van der Waals surface area contributed by atoms with Crippen molar-refractivity contribution in [2.45, 2.75) is 121 Å². The maximum Gasteiger partial charge on any atom is 0.160 e. The van der Waals surface area contributed by atoms with E-state index in [4.69, 9.17) is 21.7 Å². The van der Waals surface area contributed by atoms with Crippen molar-refractivity contribution in [2.75, 3.05) is 13.2 Å². The predicted octanol–water partition coefficient (Wildman–Crippen LogP) is 4.29. The second-order valence-corrected chi connectivity index (χ2v) is 8.51. The lowest BCUT2D eigenvalue weighted by atomic mass is 10.0. The van der Waals surface area contributed by atoms with Crippen LogP contribution < -0.4 is 0 Å². The molecule has 3 N–H and O–H groups in total. The second kappa shape index (κ2) is 16.5. The van der Waals surface area contributed by atoms with Crippen LogP contribution in [-0.4, -0.2) is 58.0 Å². The van der Waals surface area contributed by atoms with Gasteiger partial charge in [0.1, 0.15) is 18.3 Å². The van der Waals surface area contributed by atoms with Crippen LogP contribution in [-0.2, 0) is 9.47 Å². The van der Waals surface area contributed by atoms with Gasteiger partial charge in [-0.05, 0) is 18.6 Å². The largest absolute Gasteiger partial charge is 0.479 e. The Morgan fingerprint density at radius 1 is 0.929 bits per heavy atom. The highest BCUT2D eigenvalue weighted by Crippen LogP contribution is 2.20. The molecule has 0 radical (unpaired) electrons. The average Bonchev–Trinajstić information content (AvgIpc) is 3.02. The molecule has 6 heteroatoms. The van der Waals surface area contributed by atoms with Crippen molar-refractivity contribution < 1.29 is 24.8 Å². The first-order valence-electron chi connectivity index (χ1n) is 11.4. The monoisotopic (exact) mass is 418 g/mol. The minimum absolute atomic E-state index is 0.0529. The Labute approximate surface area is 176 Å². The molecular formula is C22H42O5S. The van der Waals surface area contributed by atoms with Gasteiger partial charge >= 0.3 is 0 Å². The average molecular weight is 419 g/mol. The molecule has 1 saturated heterocycles. The molecule has 1 fully saturated rings. The lowest BCUT2D eigenvalue weighted by molar-refractivity contribution is -0.0621. The zero-order valence-corrected chi connectivity index (χ0v) is 18.5. The summed E-state index contributed by atoms with van der Waals surface area (Å²) < 4.78 is 10.9. The second-order valence-electron chi connectivity index (χ2n) is 8.06. The van der Waals surface area contributed by atoms with Gasteiger partial charge in [-0.25, -0.2) is 0 Å². The molecule has 0 bridgehead atoms. The van der Waals surface area contributed by atoms with Crippen LogP contribution in [0.4, 0.5) is 0 Å². The van der Waals surface area contributed by atoms with Gasteiger partial charge in [0.15, 0.2) is 11.2 Å². The summed E-state index contributed by atoms with van der Waals surface area (Å²) in [5.41, 5.74) is 0. The number of aliphatic hydroxyl groups excluding tert-OH is 3. The van der Waals surface area contributed by atoms with E-state index in [1.165, 1.54) is 70.6 Å². The third-order valence-electron chi connectivity index (χ3n) is 5.50. The number of rotatable bonds is 17. The molecule has 0 aromatic carbocycles. The SMILES string of the molecule is CCCCCCCCCCCCCCCC(=S)O[C@@H](CO)[C@@H]1OC[C@@H](O)[C@@H]1O. The van der Waals surface area contributed by atoms with Crippen molar-refractivity contribution in [3.8, 4) is 0 Å². The van der Waals surface area contributed by atoms with Crippen LogP contribution in [0.3, 0.4) is 0 Å². The molecule has 0 unspecified atom stereocenters. The third kappa shape index (κ3) is 11.1. The van der Waals surface area contributed by atoms with Gasteiger partial charge in [0.05, 0.1) is 13.2 Å². The first kappa shape index (κ1) is 25.8. The Balaban J connectivity index is 1.95. The van der Waals surface area contributed by atoms with E-state index in [0.717, 1.165) is 12.8 Å². The van der Waals surface area contributed by atoms with Gasteiger partial charge in [-0.15, -0.1) is 0 Å². The Hall–Kier alpha value is -0.270. The fourth-order valence-corrected chi connectivity index (χ4v) is 3.94. The summed E-state index contributed by atoms with van der Waals surface area (Å²) in [4.78, 5) is 0. The minimum Gasteiger partial charge on any atom is -0.479 e. The smallest absolute Gasteiger partial charge is 0.160 e. The molecule has 0 saturated carbocycles. The fraction of sp³-hybridized carbons (Fsp3) is 0.955. The molecule has 0 amide bonds. The first-order valence-corrected chi connectivity index (χ1v) is 11.8. The van der Waals surface area contributed by atoms with E-state index in [0.29, 0.717) is 11.5 Å². The number of aliphatic hydroxyl groups is 3. The molecule has 1 aliphatic heterocycles. The molecule has 5 nitrogen and oxygen atoms in total. The first-order chi connectivity index (χ1) is 13.6. The van der Waals surface area contributed by atoms with Gasteiger partial charge in [0.25, 0.3) is 0 Å². The van der Waals surface area contributed by atoms with Gasteiger partial charge in [-0.1, -0.05) is 84.0 Å². The predicted molar refractivity (Wildman–Crippen MR) is 117 cm³/mol. The molecule has 166 valence electrons. The molecule has 0 aliphatic carbocycles. The van der Waals surface area contributed by atoms with Gasteiger partial charge in [-0.2, -0.15) is 0 Å². The van der Waals surface area contributed by atoms with Crippen molar-refractivity contribution >= 4 is 17.3 Å². The summed E-state index contributed by atoms with van der Waals surface area (Å²) in [7, 11) is 0. The van der Waals surface area contributed by atoms with Crippen molar-refractivity contribution in [3.63, 3.8) is 0 Å². The highest BCUT2D eigenvalue weighted by Gasteiger charge is 2.41. The Kier molecular flexibility index (Phi) is 15.2. The summed E-state index contributed by atoms with van der Waals surface area (Å²) in [6.45, 7) is 2.01. The zero-order valence-electron chi connectivity index (χ0n) is 17.7. The van der Waals surface area contributed by atoms with E-state index < -0.39 is 24.4 Å². The van der Waals surface area contributed by atoms with Crippen molar-refractivity contribution in [3.05, 3.63) is 0 Å². The van der Waals surface area contributed by atoms with Crippen LogP contribution in [0.5, 0.6) is 0 Å². The molecule has 0 aromatic heterocycles. The van der Waals surface area contributed by atoms with Gasteiger partial charge in [-0.3, -0.25) is 0 Å². The Morgan fingerprint density at radius 2 is 1.43 bits per heavy atom. The van der Waals surface area contributed by atoms with Crippen LogP contribution in [0.1, 0.15) is 96.8 Å². The van der Waals surface area contributed by atoms with E-state index in [2.05, 4.69) is 6.92 Å². The quantitative estimate of drug-likeness (QED) is 0.241. The highest BCUT2D eigenvalue weighted by molar-refractivity contribution is 7.80. The summed E-state index contributed by atoms with van der Waals surface area (Å²) in [5.74, 6) is 0. The molecule has 4 atom stereocenters. The summed E-state index contributed by atoms with van der Waals surface area (Å²) in [6, 6.07) is 0. The van der Waals surface area contributed by atoms with E-state index >= 15 is 0 Å². The van der Waals surface area contributed by atoms with E-state index in [1.807, 2.05) is 0 Å². The van der Waals surface area contributed by atoms with Crippen molar-refractivity contribution in [2.24, 2.45) is 0 Å². The third-order valence-corrected chi connectivity index (χ3v) is 5.80. The molecule has 1 heterocycles. The van der Waals surface area contributed by atoms with Gasteiger partial charge in [0.2, 0.25) is 0 Å². The van der Waals surface area contributed by atoms with Crippen LogP contribution in [0.2, 0.25) is 0 Å². The fourth-order valence-electron chi connectivity index (χ4n) is 3.68. The highest BCUT2D eigenvalue weighted by atomic mass is 32.1. The summed E-state index contributed by atoms with van der Waals surface area (Å²) >= 11 is 5.25. The lowest BCUT2D eigenvalue weighted by Crippen LogP contribution is -2.42. The number of hydrogen-bond acceptors (Lipinski definition) is 6. The van der Waals surface area contributed by atoms with Crippen molar-refractivity contribution in [1.29, 1.82) is 0 Å². The molecule has 1 rings (SSSR count). The maximum absolute atomic E-state index is 9.86. The van der Waals surface area contributed by atoms with E-state index in [-0.39, 0.29) is 13.2 Å². The van der Waals surface area contributed by atoms with Crippen LogP contribution in [0.15, 0.2) is 0 Å². The summed E-state index contributed by atoms with van der Waals surface area (Å²) in [6.07, 6.45) is 14.2. The van der Waals surface area contributed by atoms with E-state index in [9.17, 15) is 15.3 Å². The molecule has 1 aliphatic rings. The maximum atomic E-state index is 9.86. The normalized spacial score (nSPS) is 23.1. The zero-order chi connectivity index (χ0) is 20.6. The van der Waals surface area contributed by atoms with E-state index in [1.54, 1.807) is 0 Å². The molecule has 0 spiro atoms. The van der Waals surface area contributed by atoms with Gasteiger partial charge < -0.3 is 24.8 Å². The molecular weight excluding hydrogens is 376 g/mol. The molecule has 28 heavy (non-hydrogen) atoms. The molecule has 0 aromatic rings. The van der Waals surface area contributed by atoms with Gasteiger partial charge in [0, 0.05) is 6.42 Å². The number of unbranched alkanes of at least 4 members (excludes halogenated alkanes) is 12. The summed E-state index contributed by atoms with van der Waals surface area (Å²) in [5, 5.41) is 29.3. The standard InChI is InChI=1S/C22H42O5S/c1-2-3-4-5-6-7-8-9-10-11-12-13-14-15-20(28)27-19(16-23)22-21(25)18(24)17-26-22/h18-19,21-25H,2-17H2,1H3/t18-,19+,21+,22+/m1/s1. The number of ether oxygens (including phenoxy) is 2. The Morgan fingerprint density at radius 3 is 1.86 bits per heavy atom.